The molecule has 0 radical (unpaired) electrons. The van der Waals surface area contributed by atoms with Crippen molar-refractivity contribution in [3.05, 3.63) is 45.1 Å². The smallest absolute Gasteiger partial charge is 0.262 e. The molecule has 0 spiro atoms. The number of anilines is 1. The van der Waals surface area contributed by atoms with Crippen molar-refractivity contribution in [3.8, 4) is 0 Å². The molecule has 2 rings (SSSR count). The molecule has 0 bridgehead atoms. The molecule has 0 aliphatic heterocycles. The molecule has 2 N–H and O–H groups in total. The van der Waals surface area contributed by atoms with Crippen LogP contribution in [0.1, 0.15) is 17.4 Å². The lowest BCUT2D eigenvalue weighted by Crippen LogP contribution is -2.13. The van der Waals surface area contributed by atoms with Gasteiger partial charge in [-0.3, -0.25) is 4.72 Å². The van der Waals surface area contributed by atoms with Crippen LogP contribution in [0, 0.1) is 6.92 Å². The van der Waals surface area contributed by atoms with Gasteiger partial charge in [0.1, 0.15) is 0 Å². The van der Waals surface area contributed by atoms with Crippen molar-refractivity contribution in [2.75, 3.05) is 11.3 Å². The number of aryl methyl sites for hydroxylation is 1. The third-order valence-corrected chi connectivity index (χ3v) is 5.60. The van der Waals surface area contributed by atoms with E-state index in [1.165, 1.54) is 11.3 Å². The van der Waals surface area contributed by atoms with Gasteiger partial charge in [0.25, 0.3) is 10.0 Å². The molecule has 7 heteroatoms. The highest BCUT2D eigenvalue weighted by Gasteiger charge is 2.17. The molecule has 2 aromatic rings. The van der Waals surface area contributed by atoms with E-state index in [1.807, 2.05) is 19.9 Å². The summed E-state index contributed by atoms with van der Waals surface area (Å²) in [7, 11) is -3.60. The van der Waals surface area contributed by atoms with E-state index in [2.05, 4.69) is 10.0 Å². The van der Waals surface area contributed by atoms with Crippen molar-refractivity contribution in [1.29, 1.82) is 0 Å². The van der Waals surface area contributed by atoms with Crippen molar-refractivity contribution in [2.45, 2.75) is 25.3 Å². The van der Waals surface area contributed by atoms with E-state index < -0.39 is 10.0 Å². The summed E-state index contributed by atoms with van der Waals surface area (Å²) >= 11 is 7.48. The minimum absolute atomic E-state index is 0.261. The highest BCUT2D eigenvalue weighted by molar-refractivity contribution is 7.92. The van der Waals surface area contributed by atoms with Gasteiger partial charge in [0, 0.05) is 16.8 Å². The Labute approximate surface area is 134 Å². The average Bonchev–Trinajstić information content (AvgIpc) is 2.89. The lowest BCUT2D eigenvalue weighted by molar-refractivity contribution is 0.601. The highest BCUT2D eigenvalue weighted by Crippen LogP contribution is 2.27. The number of nitrogens with one attached hydrogen (secondary N) is 2. The maximum atomic E-state index is 12.3. The Morgan fingerprint density at radius 3 is 2.71 bits per heavy atom. The largest absolute Gasteiger partial charge is 0.312 e. The molecule has 0 amide bonds. The highest BCUT2D eigenvalue weighted by atomic mass is 35.5. The van der Waals surface area contributed by atoms with Gasteiger partial charge in [-0.15, -0.1) is 11.3 Å². The molecule has 0 saturated heterocycles. The summed E-state index contributed by atoms with van der Waals surface area (Å²) in [6.45, 7) is 5.42. The van der Waals surface area contributed by atoms with E-state index in [0.29, 0.717) is 17.3 Å². The minimum atomic E-state index is -3.60. The molecule has 0 aliphatic rings. The lowest BCUT2D eigenvalue weighted by Gasteiger charge is -2.08. The van der Waals surface area contributed by atoms with Crippen LogP contribution in [0.25, 0.3) is 0 Å². The third kappa shape index (κ3) is 4.20. The summed E-state index contributed by atoms with van der Waals surface area (Å²) in [5, 5.41) is 5.19. The molecule has 0 aliphatic carbocycles. The Balaban J connectivity index is 2.19. The topological polar surface area (TPSA) is 58.2 Å². The quantitative estimate of drug-likeness (QED) is 0.841. The molecule has 1 aromatic heterocycles. The molecule has 1 aromatic carbocycles. The second-order valence-electron chi connectivity index (χ2n) is 4.62. The maximum Gasteiger partial charge on any atom is 0.262 e. The first kappa shape index (κ1) is 16.3. The summed E-state index contributed by atoms with van der Waals surface area (Å²) in [6, 6.07) is 6.89. The summed E-state index contributed by atoms with van der Waals surface area (Å²) in [6.07, 6.45) is 0. The molecular weight excluding hydrogens is 328 g/mol. The van der Waals surface area contributed by atoms with Crippen LogP contribution in [-0.4, -0.2) is 15.0 Å². The molecule has 1 heterocycles. The minimum Gasteiger partial charge on any atom is -0.312 e. The first-order valence-electron chi connectivity index (χ1n) is 6.49. The molecule has 0 saturated carbocycles. The summed E-state index contributed by atoms with van der Waals surface area (Å²) in [5.41, 5.74) is 1.37. The predicted molar refractivity (Wildman–Crippen MR) is 88.7 cm³/mol. The molecule has 0 unspecified atom stereocenters. The standard InChI is InChI=1S/C14H17ClN2O2S2/c1-3-16-8-11-7-12(9-20-11)21(18,19)17-14-5-4-10(2)6-13(14)15/h4-7,9,16-17H,3,8H2,1-2H3. The van der Waals surface area contributed by atoms with E-state index in [-0.39, 0.29) is 4.90 Å². The van der Waals surface area contributed by atoms with Crippen LogP contribution in [0.3, 0.4) is 0 Å². The average molecular weight is 345 g/mol. The molecule has 0 atom stereocenters. The van der Waals surface area contributed by atoms with Crippen molar-refractivity contribution >= 4 is 38.6 Å². The molecular formula is C14H17ClN2O2S2. The number of hydrogen-bond donors (Lipinski definition) is 2. The van der Waals surface area contributed by atoms with Crippen molar-refractivity contribution < 1.29 is 8.42 Å². The summed E-state index contributed by atoms with van der Waals surface area (Å²) < 4.78 is 27.2. The first-order chi connectivity index (χ1) is 9.92. The van der Waals surface area contributed by atoms with E-state index in [4.69, 9.17) is 11.6 Å². The van der Waals surface area contributed by atoms with Crippen molar-refractivity contribution in [3.63, 3.8) is 0 Å². The van der Waals surface area contributed by atoms with Gasteiger partial charge in [0.15, 0.2) is 0 Å². The van der Waals surface area contributed by atoms with E-state index in [0.717, 1.165) is 17.0 Å². The number of rotatable bonds is 6. The van der Waals surface area contributed by atoms with Gasteiger partial charge in [0.05, 0.1) is 15.6 Å². The van der Waals surface area contributed by atoms with Gasteiger partial charge in [-0.25, -0.2) is 8.42 Å². The second-order valence-corrected chi connectivity index (χ2v) is 7.70. The van der Waals surface area contributed by atoms with Gasteiger partial charge in [-0.05, 0) is 37.2 Å². The molecule has 21 heavy (non-hydrogen) atoms. The Kier molecular flexibility index (Phi) is 5.27. The fraction of sp³-hybridized carbons (Fsp3) is 0.286. The number of benzene rings is 1. The zero-order valence-corrected chi connectivity index (χ0v) is 14.2. The zero-order chi connectivity index (χ0) is 15.5. The Hall–Kier alpha value is -1.08. The number of halogens is 1. The SMILES string of the molecule is CCNCc1cc(S(=O)(=O)Nc2ccc(C)cc2Cl)cs1. The third-order valence-electron chi connectivity index (χ3n) is 2.86. The zero-order valence-electron chi connectivity index (χ0n) is 11.8. The van der Waals surface area contributed by atoms with Crippen LogP contribution < -0.4 is 10.0 Å². The molecule has 4 nitrogen and oxygen atoms in total. The van der Waals surface area contributed by atoms with Crippen molar-refractivity contribution in [1.82, 2.24) is 5.32 Å². The number of sulfonamides is 1. The van der Waals surface area contributed by atoms with Crippen LogP contribution in [0.2, 0.25) is 5.02 Å². The predicted octanol–water partition coefficient (Wildman–Crippen LogP) is 3.62. The van der Waals surface area contributed by atoms with Crippen molar-refractivity contribution in [2.24, 2.45) is 0 Å². The van der Waals surface area contributed by atoms with Crippen LogP contribution >= 0.6 is 22.9 Å². The van der Waals surface area contributed by atoms with Crippen LogP contribution in [-0.2, 0) is 16.6 Å². The lowest BCUT2D eigenvalue weighted by atomic mass is 10.2. The van der Waals surface area contributed by atoms with E-state index in [1.54, 1.807) is 23.6 Å². The first-order valence-corrected chi connectivity index (χ1v) is 9.23. The Morgan fingerprint density at radius 1 is 1.29 bits per heavy atom. The Morgan fingerprint density at radius 2 is 2.05 bits per heavy atom. The van der Waals surface area contributed by atoms with Crippen LogP contribution in [0.5, 0.6) is 0 Å². The maximum absolute atomic E-state index is 12.3. The fourth-order valence-electron chi connectivity index (χ4n) is 1.75. The monoisotopic (exact) mass is 344 g/mol. The van der Waals surface area contributed by atoms with Gasteiger partial charge in [-0.1, -0.05) is 24.6 Å². The second kappa shape index (κ2) is 6.79. The number of hydrogen-bond acceptors (Lipinski definition) is 4. The fourth-order valence-corrected chi connectivity index (χ4v) is 4.41. The Bertz CT molecular complexity index is 726. The number of thiophene rings is 1. The van der Waals surface area contributed by atoms with E-state index >= 15 is 0 Å². The molecule has 0 fully saturated rings. The van der Waals surface area contributed by atoms with Crippen LogP contribution in [0.4, 0.5) is 5.69 Å². The van der Waals surface area contributed by atoms with Crippen LogP contribution in [0.15, 0.2) is 34.5 Å². The normalized spacial score (nSPS) is 11.6. The molecule has 114 valence electrons. The summed E-state index contributed by atoms with van der Waals surface area (Å²) in [5.74, 6) is 0. The van der Waals surface area contributed by atoms with E-state index in [9.17, 15) is 8.42 Å². The van der Waals surface area contributed by atoms with Gasteiger partial charge < -0.3 is 5.32 Å². The van der Waals surface area contributed by atoms with Gasteiger partial charge >= 0.3 is 0 Å². The summed E-state index contributed by atoms with van der Waals surface area (Å²) in [4.78, 5) is 1.24. The van der Waals surface area contributed by atoms with Gasteiger partial charge in [0.2, 0.25) is 0 Å². The van der Waals surface area contributed by atoms with Gasteiger partial charge in [-0.2, -0.15) is 0 Å².